The number of aliphatic hydroxyl groups excluding tert-OH is 2. The van der Waals surface area contributed by atoms with Gasteiger partial charge < -0.3 is 10.2 Å². The van der Waals surface area contributed by atoms with Crippen LogP contribution in [0.2, 0.25) is 0 Å². The van der Waals surface area contributed by atoms with Crippen molar-refractivity contribution in [2.75, 3.05) is 0 Å². The number of aliphatic hydroxyl groups is 2. The SMILES string of the molecule is CC1CC2(C)C(CCC3C4CCC(O)C4(C)CCC32)CC1=NN=C1CC2CCC3C4CCC(O)C4(C)CCC3C2(C)CC1C. The van der Waals surface area contributed by atoms with Crippen molar-refractivity contribution >= 4 is 11.4 Å². The van der Waals surface area contributed by atoms with Crippen LogP contribution in [0.25, 0.3) is 0 Å². The number of hydrogen-bond donors (Lipinski definition) is 2. The zero-order valence-corrected chi connectivity index (χ0v) is 29.0. The molecule has 0 saturated heterocycles. The van der Waals surface area contributed by atoms with E-state index in [0.29, 0.717) is 22.7 Å². The van der Waals surface area contributed by atoms with Gasteiger partial charge in [0, 0.05) is 11.4 Å². The Labute approximate surface area is 268 Å². The van der Waals surface area contributed by atoms with Crippen LogP contribution in [-0.4, -0.2) is 33.8 Å². The molecule has 8 rings (SSSR count). The molecular formula is C40H64N2O2. The van der Waals surface area contributed by atoms with Crippen LogP contribution >= 0.6 is 0 Å². The van der Waals surface area contributed by atoms with Gasteiger partial charge in [0.1, 0.15) is 0 Å². The highest BCUT2D eigenvalue weighted by atomic mass is 16.3. The molecule has 8 saturated carbocycles. The van der Waals surface area contributed by atoms with E-state index in [9.17, 15) is 10.2 Å². The Bertz CT molecular complexity index is 1120. The first-order valence-corrected chi connectivity index (χ1v) is 19.4. The highest BCUT2D eigenvalue weighted by Gasteiger charge is 2.62. The highest BCUT2D eigenvalue weighted by Crippen LogP contribution is 2.68. The molecule has 8 aliphatic rings. The van der Waals surface area contributed by atoms with Crippen LogP contribution in [0.1, 0.15) is 144 Å². The summed E-state index contributed by atoms with van der Waals surface area (Å²) < 4.78 is 0. The van der Waals surface area contributed by atoms with Gasteiger partial charge in [0.15, 0.2) is 0 Å². The van der Waals surface area contributed by atoms with Crippen molar-refractivity contribution in [1.29, 1.82) is 0 Å². The molecule has 0 aromatic rings. The van der Waals surface area contributed by atoms with Gasteiger partial charge in [0.05, 0.1) is 12.2 Å². The second-order valence-electron chi connectivity index (χ2n) is 19.4. The van der Waals surface area contributed by atoms with Gasteiger partial charge in [-0.2, -0.15) is 10.2 Å². The number of nitrogens with zero attached hydrogens (tertiary/aromatic N) is 2. The maximum Gasteiger partial charge on any atom is 0.0596 e. The molecule has 0 aromatic carbocycles. The van der Waals surface area contributed by atoms with Gasteiger partial charge in [0.25, 0.3) is 0 Å². The standard InChI is InChI=1S/C40H64N2O2/c1-23-21-39(5)25(7-9-27-29-11-13-35(43)37(29,3)17-15-31(27)39)19-33(23)41-42-34-20-26-8-10-28-30-12-14-36(44)38(30,4)18-16-32(28)40(26,6)22-24(34)2/h23-32,35-36,43-44H,7-22H2,1-6H3. The Hall–Kier alpha value is -0.740. The Morgan fingerprint density at radius 3 is 1.30 bits per heavy atom. The Morgan fingerprint density at radius 1 is 0.500 bits per heavy atom. The molecule has 2 N–H and O–H groups in total. The monoisotopic (exact) mass is 604 g/mol. The van der Waals surface area contributed by atoms with E-state index in [-0.39, 0.29) is 23.0 Å². The first-order chi connectivity index (χ1) is 20.9. The molecule has 0 radical (unpaired) electrons. The van der Waals surface area contributed by atoms with Crippen molar-refractivity contribution in [1.82, 2.24) is 0 Å². The second kappa shape index (κ2) is 10.4. The molecule has 16 unspecified atom stereocenters. The third kappa shape index (κ3) is 4.20. The van der Waals surface area contributed by atoms with Crippen LogP contribution in [0.3, 0.4) is 0 Å². The fourth-order valence-electron chi connectivity index (χ4n) is 15.2. The largest absolute Gasteiger partial charge is 0.393 e. The topological polar surface area (TPSA) is 65.2 Å². The summed E-state index contributed by atoms with van der Waals surface area (Å²) in [6.07, 6.45) is 19.8. The molecule has 0 aliphatic heterocycles. The van der Waals surface area contributed by atoms with Crippen LogP contribution in [0.5, 0.6) is 0 Å². The molecule has 4 nitrogen and oxygen atoms in total. The molecule has 0 spiro atoms. The number of hydrogen-bond acceptors (Lipinski definition) is 4. The lowest BCUT2D eigenvalue weighted by Crippen LogP contribution is -2.55. The maximum atomic E-state index is 10.9. The molecule has 16 atom stereocenters. The van der Waals surface area contributed by atoms with Crippen molar-refractivity contribution in [3.63, 3.8) is 0 Å². The van der Waals surface area contributed by atoms with E-state index in [1.165, 1.54) is 88.5 Å². The van der Waals surface area contributed by atoms with Gasteiger partial charge >= 0.3 is 0 Å². The normalized spacial score (nSPS) is 60.2. The molecule has 8 aliphatic carbocycles. The minimum atomic E-state index is -0.0722. The quantitative estimate of drug-likeness (QED) is 0.293. The molecule has 0 amide bonds. The van der Waals surface area contributed by atoms with E-state index >= 15 is 0 Å². The smallest absolute Gasteiger partial charge is 0.0596 e. The zero-order chi connectivity index (χ0) is 30.8. The van der Waals surface area contributed by atoms with Crippen LogP contribution in [0, 0.1) is 80.8 Å². The first-order valence-electron chi connectivity index (χ1n) is 19.4. The third-order valence-corrected chi connectivity index (χ3v) is 17.9. The van der Waals surface area contributed by atoms with E-state index in [0.717, 1.165) is 73.0 Å². The summed E-state index contributed by atoms with van der Waals surface area (Å²) in [5, 5.41) is 32.1. The fourth-order valence-corrected chi connectivity index (χ4v) is 15.2. The molecule has 44 heavy (non-hydrogen) atoms. The molecule has 0 aromatic heterocycles. The first kappa shape index (κ1) is 30.6. The average Bonchev–Trinajstić information content (AvgIpc) is 3.46. The van der Waals surface area contributed by atoms with E-state index in [4.69, 9.17) is 10.2 Å². The fraction of sp³-hybridized carbons (Fsp3) is 0.950. The summed E-state index contributed by atoms with van der Waals surface area (Å²) >= 11 is 0. The van der Waals surface area contributed by atoms with Crippen molar-refractivity contribution in [2.45, 2.75) is 156 Å². The molecule has 246 valence electrons. The van der Waals surface area contributed by atoms with Gasteiger partial charge in [-0.3, -0.25) is 0 Å². The Balaban J connectivity index is 0.970. The van der Waals surface area contributed by atoms with Crippen LogP contribution < -0.4 is 0 Å². The van der Waals surface area contributed by atoms with Crippen molar-refractivity contribution in [2.24, 2.45) is 91.0 Å². The van der Waals surface area contributed by atoms with Gasteiger partial charge in [0.2, 0.25) is 0 Å². The van der Waals surface area contributed by atoms with E-state index in [1.807, 2.05) is 0 Å². The van der Waals surface area contributed by atoms with Crippen molar-refractivity contribution in [3.05, 3.63) is 0 Å². The Morgan fingerprint density at radius 2 is 0.886 bits per heavy atom. The summed E-state index contributed by atoms with van der Waals surface area (Å²) in [5.74, 6) is 7.34. The average molecular weight is 605 g/mol. The lowest BCUT2D eigenvalue weighted by Gasteiger charge is -2.61. The third-order valence-electron chi connectivity index (χ3n) is 17.9. The van der Waals surface area contributed by atoms with Gasteiger partial charge in [-0.25, -0.2) is 0 Å². The number of fused-ring (bicyclic) bond motifs is 10. The molecule has 0 heterocycles. The van der Waals surface area contributed by atoms with Gasteiger partial charge in [-0.1, -0.05) is 41.5 Å². The second-order valence-corrected chi connectivity index (χ2v) is 19.4. The molecule has 8 fully saturated rings. The van der Waals surface area contributed by atoms with Crippen molar-refractivity contribution in [3.8, 4) is 0 Å². The van der Waals surface area contributed by atoms with Gasteiger partial charge in [-0.05, 0) is 184 Å². The minimum Gasteiger partial charge on any atom is -0.393 e. The summed E-state index contributed by atoms with van der Waals surface area (Å²) in [7, 11) is 0. The summed E-state index contributed by atoms with van der Waals surface area (Å²) in [4.78, 5) is 0. The lowest BCUT2D eigenvalue weighted by molar-refractivity contribution is -0.116. The van der Waals surface area contributed by atoms with E-state index < -0.39 is 0 Å². The minimum absolute atomic E-state index is 0.0722. The summed E-state index contributed by atoms with van der Waals surface area (Å²) in [5.41, 5.74) is 3.99. The van der Waals surface area contributed by atoms with E-state index in [2.05, 4.69) is 41.5 Å². The zero-order valence-electron chi connectivity index (χ0n) is 29.0. The van der Waals surface area contributed by atoms with E-state index in [1.54, 1.807) is 0 Å². The molecular weight excluding hydrogens is 540 g/mol. The summed E-state index contributed by atoms with van der Waals surface area (Å²) in [6, 6.07) is 0. The Kier molecular flexibility index (Phi) is 7.21. The lowest BCUT2D eigenvalue weighted by atomic mass is 9.44. The highest BCUT2D eigenvalue weighted by molar-refractivity contribution is 5.91. The van der Waals surface area contributed by atoms with Crippen molar-refractivity contribution < 1.29 is 10.2 Å². The van der Waals surface area contributed by atoms with Crippen LogP contribution in [0.4, 0.5) is 0 Å². The van der Waals surface area contributed by atoms with Crippen LogP contribution in [-0.2, 0) is 0 Å². The molecule has 0 bridgehead atoms. The maximum absolute atomic E-state index is 10.9. The van der Waals surface area contributed by atoms with Gasteiger partial charge in [-0.15, -0.1) is 0 Å². The molecule has 4 heteroatoms. The predicted molar refractivity (Wildman–Crippen MR) is 179 cm³/mol. The summed E-state index contributed by atoms with van der Waals surface area (Å²) in [6.45, 7) is 15.1. The number of rotatable bonds is 1. The predicted octanol–water partition coefficient (Wildman–Crippen LogP) is 9.08. The van der Waals surface area contributed by atoms with Crippen LogP contribution in [0.15, 0.2) is 10.2 Å².